The summed E-state index contributed by atoms with van der Waals surface area (Å²) in [6.07, 6.45) is 0. The average Bonchev–Trinajstić information content (AvgIpc) is 3.14. The Balaban J connectivity index is 1.73. The quantitative estimate of drug-likeness (QED) is 0.661. The van der Waals surface area contributed by atoms with E-state index in [4.69, 9.17) is 16.1 Å². The largest absolute Gasteiger partial charge is 0.334 e. The molecule has 0 aliphatic rings. The zero-order valence-electron chi connectivity index (χ0n) is 12.0. The fourth-order valence-electron chi connectivity index (χ4n) is 1.79. The number of rotatable bonds is 5. The predicted octanol–water partition coefficient (Wildman–Crippen LogP) is 3.25. The second kappa shape index (κ2) is 6.45. The summed E-state index contributed by atoms with van der Waals surface area (Å²) < 4.78 is 7.01. The van der Waals surface area contributed by atoms with Gasteiger partial charge in [-0.2, -0.15) is 4.98 Å². The molecule has 0 spiro atoms. The Bertz CT molecular complexity index is 771. The smallest absolute Gasteiger partial charge is 0.259 e. The summed E-state index contributed by atoms with van der Waals surface area (Å²) in [5.41, 5.74) is 0.722. The van der Waals surface area contributed by atoms with Crippen LogP contribution in [0.4, 0.5) is 0 Å². The molecule has 0 fully saturated rings. The van der Waals surface area contributed by atoms with E-state index in [9.17, 15) is 0 Å². The van der Waals surface area contributed by atoms with Gasteiger partial charge in [-0.25, -0.2) is 4.68 Å². The van der Waals surface area contributed by atoms with Crippen molar-refractivity contribution in [3.05, 3.63) is 35.1 Å². The second-order valence-corrected chi connectivity index (χ2v) is 6.13. The van der Waals surface area contributed by atoms with Crippen LogP contribution in [-0.2, 0) is 5.75 Å². The van der Waals surface area contributed by atoms with E-state index >= 15 is 0 Å². The van der Waals surface area contributed by atoms with Gasteiger partial charge in [-0.3, -0.25) is 0 Å². The van der Waals surface area contributed by atoms with Crippen molar-refractivity contribution in [1.29, 1.82) is 0 Å². The third-order valence-electron chi connectivity index (χ3n) is 2.85. The summed E-state index contributed by atoms with van der Waals surface area (Å²) in [4.78, 5) is 4.35. The van der Waals surface area contributed by atoms with Gasteiger partial charge in [0.05, 0.1) is 22.4 Å². The van der Waals surface area contributed by atoms with Gasteiger partial charge in [0.25, 0.3) is 5.89 Å². The van der Waals surface area contributed by atoms with Gasteiger partial charge < -0.3 is 4.52 Å². The first-order valence-electron chi connectivity index (χ1n) is 6.63. The van der Waals surface area contributed by atoms with Crippen LogP contribution in [0, 0.1) is 0 Å². The van der Waals surface area contributed by atoms with Crippen molar-refractivity contribution >= 4 is 23.4 Å². The van der Waals surface area contributed by atoms with Crippen LogP contribution in [0.1, 0.15) is 25.7 Å². The lowest BCUT2D eigenvalue weighted by molar-refractivity contribution is 0.425. The second-order valence-electron chi connectivity index (χ2n) is 4.78. The molecule has 0 atom stereocenters. The molecule has 0 aliphatic heterocycles. The van der Waals surface area contributed by atoms with Crippen molar-refractivity contribution in [2.24, 2.45) is 0 Å². The highest BCUT2D eigenvalue weighted by atomic mass is 35.5. The van der Waals surface area contributed by atoms with Gasteiger partial charge in [0.1, 0.15) is 0 Å². The van der Waals surface area contributed by atoms with Crippen LogP contribution in [-0.4, -0.2) is 30.3 Å². The summed E-state index contributed by atoms with van der Waals surface area (Å²) in [6, 6.07) is 7.54. The van der Waals surface area contributed by atoms with Gasteiger partial charge in [0, 0.05) is 0 Å². The summed E-state index contributed by atoms with van der Waals surface area (Å²) >= 11 is 7.58. The number of benzene rings is 1. The van der Waals surface area contributed by atoms with Gasteiger partial charge >= 0.3 is 0 Å². The summed E-state index contributed by atoms with van der Waals surface area (Å²) in [6.45, 7) is 4.04. The predicted molar refractivity (Wildman–Crippen MR) is 82.5 cm³/mol. The highest BCUT2D eigenvalue weighted by Gasteiger charge is 2.14. The SMILES string of the molecule is CC(C)n1nnnc1SCc1noc(-c2ccccc2Cl)n1. The lowest BCUT2D eigenvalue weighted by atomic mass is 10.2. The number of hydrogen-bond acceptors (Lipinski definition) is 7. The van der Waals surface area contributed by atoms with Crippen LogP contribution in [0.3, 0.4) is 0 Å². The Morgan fingerprint density at radius 1 is 1.32 bits per heavy atom. The Morgan fingerprint density at radius 3 is 2.91 bits per heavy atom. The van der Waals surface area contributed by atoms with Crippen LogP contribution >= 0.6 is 23.4 Å². The van der Waals surface area contributed by atoms with Gasteiger partial charge in [-0.15, -0.1) is 5.10 Å². The standard InChI is InChI=1S/C13H13ClN6OS/c1-8(2)20-13(16-18-19-20)22-7-11-15-12(21-17-11)9-5-3-4-6-10(9)14/h3-6,8H,7H2,1-2H3. The van der Waals surface area contributed by atoms with Crippen LogP contribution in [0.2, 0.25) is 5.02 Å². The molecule has 0 amide bonds. The molecule has 22 heavy (non-hydrogen) atoms. The van der Waals surface area contributed by atoms with Gasteiger partial charge in [-0.1, -0.05) is 40.7 Å². The molecule has 2 aromatic heterocycles. The van der Waals surface area contributed by atoms with E-state index in [1.54, 1.807) is 10.7 Å². The van der Waals surface area contributed by atoms with Gasteiger partial charge in [0.2, 0.25) is 5.16 Å². The maximum atomic E-state index is 6.12. The maximum absolute atomic E-state index is 6.12. The maximum Gasteiger partial charge on any atom is 0.259 e. The van der Waals surface area contributed by atoms with Gasteiger partial charge in [0.15, 0.2) is 5.82 Å². The zero-order chi connectivity index (χ0) is 15.5. The number of aromatic nitrogens is 6. The molecule has 0 saturated heterocycles. The molecule has 1 aromatic carbocycles. The highest BCUT2D eigenvalue weighted by molar-refractivity contribution is 7.98. The molecule has 2 heterocycles. The van der Waals surface area contributed by atoms with Crippen molar-refractivity contribution in [3.63, 3.8) is 0 Å². The van der Waals surface area contributed by atoms with Crippen molar-refractivity contribution in [2.75, 3.05) is 0 Å². The monoisotopic (exact) mass is 336 g/mol. The molecule has 0 saturated carbocycles. The van der Waals surface area contributed by atoms with Crippen molar-refractivity contribution < 1.29 is 4.52 Å². The number of halogens is 1. The number of thioether (sulfide) groups is 1. The van der Waals surface area contributed by atoms with E-state index < -0.39 is 0 Å². The first-order valence-corrected chi connectivity index (χ1v) is 7.99. The molecule has 0 unspecified atom stereocenters. The van der Waals surface area contributed by atoms with E-state index in [2.05, 4.69) is 25.7 Å². The summed E-state index contributed by atoms with van der Waals surface area (Å²) in [7, 11) is 0. The third-order valence-corrected chi connectivity index (χ3v) is 4.11. The van der Waals surface area contributed by atoms with E-state index in [1.165, 1.54) is 11.8 Å². The molecule has 0 radical (unpaired) electrons. The average molecular weight is 337 g/mol. The Kier molecular flexibility index (Phi) is 4.39. The zero-order valence-corrected chi connectivity index (χ0v) is 13.5. The van der Waals surface area contributed by atoms with Crippen molar-refractivity contribution in [2.45, 2.75) is 30.8 Å². The molecule has 0 bridgehead atoms. The molecule has 3 aromatic rings. The Morgan fingerprint density at radius 2 is 2.14 bits per heavy atom. The van der Waals surface area contributed by atoms with E-state index in [0.717, 1.165) is 10.7 Å². The van der Waals surface area contributed by atoms with E-state index in [-0.39, 0.29) is 6.04 Å². The van der Waals surface area contributed by atoms with E-state index in [1.807, 2.05) is 32.0 Å². The Hall–Kier alpha value is -1.93. The van der Waals surface area contributed by atoms with E-state index in [0.29, 0.717) is 22.5 Å². The molecular formula is C13H13ClN6OS. The summed E-state index contributed by atoms with van der Waals surface area (Å²) in [5, 5.41) is 16.9. The third kappa shape index (κ3) is 3.12. The molecule has 3 rings (SSSR count). The fourth-order valence-corrected chi connectivity index (χ4v) is 2.86. The van der Waals surface area contributed by atoms with Crippen LogP contribution in [0.15, 0.2) is 33.9 Å². The molecule has 9 heteroatoms. The molecule has 114 valence electrons. The number of tetrazole rings is 1. The lowest BCUT2D eigenvalue weighted by Crippen LogP contribution is -2.04. The molecular weight excluding hydrogens is 324 g/mol. The van der Waals surface area contributed by atoms with Crippen LogP contribution < -0.4 is 0 Å². The highest BCUT2D eigenvalue weighted by Crippen LogP contribution is 2.27. The number of hydrogen-bond donors (Lipinski definition) is 0. The fraction of sp³-hybridized carbons (Fsp3) is 0.308. The van der Waals surface area contributed by atoms with Crippen molar-refractivity contribution in [1.82, 2.24) is 30.3 Å². The minimum absolute atomic E-state index is 0.196. The Labute approximate surface area is 136 Å². The molecule has 7 nitrogen and oxygen atoms in total. The summed E-state index contributed by atoms with van der Waals surface area (Å²) in [5.74, 6) is 1.49. The topological polar surface area (TPSA) is 82.5 Å². The molecule has 0 aliphatic carbocycles. The number of nitrogens with zero attached hydrogens (tertiary/aromatic N) is 6. The normalized spacial score (nSPS) is 11.3. The van der Waals surface area contributed by atoms with Crippen LogP contribution in [0.5, 0.6) is 0 Å². The van der Waals surface area contributed by atoms with Gasteiger partial charge in [-0.05, 0) is 36.4 Å². The minimum atomic E-state index is 0.196. The first kappa shape index (κ1) is 15.0. The first-order chi connectivity index (χ1) is 10.6. The molecule has 0 N–H and O–H groups in total. The minimum Gasteiger partial charge on any atom is -0.334 e. The van der Waals surface area contributed by atoms with Crippen LogP contribution in [0.25, 0.3) is 11.5 Å². The lowest BCUT2D eigenvalue weighted by Gasteiger charge is -2.05. The van der Waals surface area contributed by atoms with Crippen molar-refractivity contribution in [3.8, 4) is 11.5 Å².